The van der Waals surface area contributed by atoms with Crippen LogP contribution in [0.5, 0.6) is 0 Å². The third-order valence-electron chi connectivity index (χ3n) is 2.38. The summed E-state index contributed by atoms with van der Waals surface area (Å²) in [7, 11) is -1.51. The molecule has 0 aliphatic heterocycles. The predicted octanol–water partition coefficient (Wildman–Crippen LogP) is 4.08. The number of carbonyl (C=O) groups excluding carboxylic acids is 1. The molecular formula is C17H24FNO2Si. The second kappa shape index (κ2) is 6.97. The van der Waals surface area contributed by atoms with Crippen molar-refractivity contribution in [3.8, 4) is 11.5 Å². The van der Waals surface area contributed by atoms with Crippen LogP contribution in [-0.4, -0.2) is 19.8 Å². The third-order valence-corrected chi connectivity index (χ3v) is 3.25. The summed E-state index contributed by atoms with van der Waals surface area (Å²) in [6.45, 7) is 12.0. The zero-order valence-electron chi connectivity index (χ0n) is 14.1. The lowest BCUT2D eigenvalue weighted by Crippen LogP contribution is -2.32. The summed E-state index contributed by atoms with van der Waals surface area (Å²) in [6.07, 6.45) is -0.522. The van der Waals surface area contributed by atoms with Gasteiger partial charge in [0.05, 0.1) is 0 Å². The molecule has 22 heavy (non-hydrogen) atoms. The van der Waals surface area contributed by atoms with Gasteiger partial charge in [0.1, 0.15) is 19.5 Å². The first-order chi connectivity index (χ1) is 9.94. The van der Waals surface area contributed by atoms with E-state index in [1.807, 2.05) is 0 Å². The van der Waals surface area contributed by atoms with Crippen molar-refractivity contribution >= 4 is 14.2 Å². The van der Waals surface area contributed by atoms with Crippen LogP contribution in [0, 0.1) is 17.3 Å². The van der Waals surface area contributed by atoms with E-state index in [1.165, 1.54) is 12.1 Å². The van der Waals surface area contributed by atoms with Crippen LogP contribution in [0.3, 0.4) is 0 Å². The SMILES string of the molecule is CC(C)(C)OC(=O)NCc1cc(F)cc(C#C[Si](C)(C)C)c1. The van der Waals surface area contributed by atoms with Gasteiger partial charge in [0.25, 0.3) is 0 Å². The van der Waals surface area contributed by atoms with E-state index >= 15 is 0 Å². The van der Waals surface area contributed by atoms with Crippen molar-refractivity contribution in [1.29, 1.82) is 0 Å². The standard InChI is InChI=1S/C17H24FNO2Si/c1-17(2,3)21-16(20)19-12-14-9-13(10-15(18)11-14)7-8-22(4,5)6/h9-11H,12H2,1-6H3,(H,19,20). The molecule has 1 aromatic rings. The van der Waals surface area contributed by atoms with Gasteiger partial charge in [-0.3, -0.25) is 0 Å². The molecule has 0 radical (unpaired) electrons. The van der Waals surface area contributed by atoms with Crippen LogP contribution in [0.15, 0.2) is 18.2 Å². The molecule has 0 atom stereocenters. The fourth-order valence-corrected chi connectivity index (χ4v) is 2.09. The smallest absolute Gasteiger partial charge is 0.407 e. The second-order valence-electron chi connectivity index (χ2n) is 7.20. The molecular weight excluding hydrogens is 297 g/mol. The first-order valence-electron chi connectivity index (χ1n) is 7.24. The van der Waals surface area contributed by atoms with Crippen LogP contribution >= 0.6 is 0 Å². The highest BCUT2D eigenvalue weighted by atomic mass is 28.3. The number of amides is 1. The van der Waals surface area contributed by atoms with E-state index in [2.05, 4.69) is 36.4 Å². The van der Waals surface area contributed by atoms with E-state index in [0.717, 1.165) is 0 Å². The van der Waals surface area contributed by atoms with Crippen molar-refractivity contribution in [3.05, 3.63) is 35.1 Å². The van der Waals surface area contributed by atoms with Gasteiger partial charge in [-0.2, -0.15) is 0 Å². The number of carbonyl (C=O) groups is 1. The summed E-state index contributed by atoms with van der Waals surface area (Å²) in [4.78, 5) is 11.6. The molecule has 1 aromatic carbocycles. The summed E-state index contributed by atoms with van der Waals surface area (Å²) in [6, 6.07) is 4.58. The Hall–Kier alpha value is -1.80. The molecule has 1 amide bonds. The van der Waals surface area contributed by atoms with Gasteiger partial charge in [-0.1, -0.05) is 25.6 Å². The van der Waals surface area contributed by atoms with Crippen molar-refractivity contribution in [2.75, 3.05) is 0 Å². The Bertz CT molecular complexity index is 604. The molecule has 0 aliphatic rings. The fourth-order valence-electron chi connectivity index (χ4n) is 1.57. The lowest BCUT2D eigenvalue weighted by molar-refractivity contribution is 0.0523. The van der Waals surface area contributed by atoms with Crippen LogP contribution in [0.1, 0.15) is 31.9 Å². The first-order valence-corrected chi connectivity index (χ1v) is 10.7. The Balaban J connectivity index is 2.78. The number of benzene rings is 1. The van der Waals surface area contributed by atoms with Crippen molar-refractivity contribution in [3.63, 3.8) is 0 Å². The summed E-state index contributed by atoms with van der Waals surface area (Å²) < 4.78 is 18.8. The van der Waals surface area contributed by atoms with E-state index in [1.54, 1.807) is 26.8 Å². The highest BCUT2D eigenvalue weighted by molar-refractivity contribution is 6.83. The number of alkyl carbamates (subject to hydrolysis) is 1. The van der Waals surface area contributed by atoms with Crippen molar-refractivity contribution < 1.29 is 13.9 Å². The van der Waals surface area contributed by atoms with Gasteiger partial charge >= 0.3 is 6.09 Å². The maximum atomic E-state index is 13.6. The minimum atomic E-state index is -1.51. The van der Waals surface area contributed by atoms with Crippen molar-refractivity contribution in [2.45, 2.75) is 52.6 Å². The topological polar surface area (TPSA) is 38.3 Å². The molecule has 120 valence electrons. The quantitative estimate of drug-likeness (QED) is 0.658. The summed E-state index contributed by atoms with van der Waals surface area (Å²) in [5.74, 6) is 2.66. The average Bonchev–Trinajstić information content (AvgIpc) is 2.30. The number of ether oxygens (including phenoxy) is 1. The highest BCUT2D eigenvalue weighted by Gasteiger charge is 2.15. The van der Waals surface area contributed by atoms with Crippen LogP contribution in [0.2, 0.25) is 19.6 Å². The molecule has 0 saturated heterocycles. The Morgan fingerprint density at radius 1 is 1.27 bits per heavy atom. The number of hydrogen-bond donors (Lipinski definition) is 1. The third kappa shape index (κ3) is 7.84. The minimum absolute atomic E-state index is 0.203. The zero-order chi connectivity index (χ0) is 17.0. The molecule has 0 aliphatic carbocycles. The summed E-state index contributed by atoms with van der Waals surface area (Å²) in [5, 5.41) is 2.61. The normalized spacial score (nSPS) is 11.4. The van der Waals surface area contributed by atoms with Gasteiger partial charge in [0.2, 0.25) is 0 Å². The van der Waals surface area contributed by atoms with E-state index in [-0.39, 0.29) is 12.4 Å². The molecule has 0 saturated carbocycles. The lowest BCUT2D eigenvalue weighted by Gasteiger charge is -2.19. The molecule has 0 fully saturated rings. The van der Waals surface area contributed by atoms with Crippen LogP contribution in [-0.2, 0) is 11.3 Å². The molecule has 0 aromatic heterocycles. The van der Waals surface area contributed by atoms with Gasteiger partial charge < -0.3 is 10.1 Å². The predicted molar refractivity (Wildman–Crippen MR) is 89.7 cm³/mol. The minimum Gasteiger partial charge on any atom is -0.444 e. The highest BCUT2D eigenvalue weighted by Crippen LogP contribution is 2.10. The lowest BCUT2D eigenvalue weighted by atomic mass is 10.1. The van der Waals surface area contributed by atoms with Gasteiger partial charge in [-0.05, 0) is 44.5 Å². The molecule has 1 N–H and O–H groups in total. The molecule has 0 bridgehead atoms. The molecule has 5 heteroatoms. The van der Waals surface area contributed by atoms with Crippen molar-refractivity contribution in [1.82, 2.24) is 5.32 Å². The van der Waals surface area contributed by atoms with Gasteiger partial charge in [0.15, 0.2) is 0 Å². The molecule has 0 spiro atoms. The summed E-state index contributed by atoms with van der Waals surface area (Å²) in [5.41, 5.74) is 3.93. The van der Waals surface area contributed by atoms with Gasteiger partial charge in [-0.25, -0.2) is 9.18 Å². The first kappa shape index (κ1) is 18.2. The number of nitrogens with one attached hydrogen (secondary N) is 1. The molecule has 1 rings (SSSR count). The zero-order valence-corrected chi connectivity index (χ0v) is 15.1. The molecule has 3 nitrogen and oxygen atoms in total. The van der Waals surface area contributed by atoms with Crippen LogP contribution in [0.25, 0.3) is 0 Å². The Morgan fingerprint density at radius 2 is 1.91 bits per heavy atom. The Labute approximate surface area is 133 Å². The monoisotopic (exact) mass is 321 g/mol. The Kier molecular flexibility index (Phi) is 5.78. The average molecular weight is 321 g/mol. The maximum Gasteiger partial charge on any atom is 0.407 e. The van der Waals surface area contributed by atoms with Crippen molar-refractivity contribution in [2.24, 2.45) is 0 Å². The van der Waals surface area contributed by atoms with E-state index in [4.69, 9.17) is 4.74 Å². The van der Waals surface area contributed by atoms with E-state index < -0.39 is 19.8 Å². The van der Waals surface area contributed by atoms with Gasteiger partial charge in [-0.15, -0.1) is 5.54 Å². The fraction of sp³-hybridized carbons (Fsp3) is 0.471. The molecule has 0 unspecified atom stereocenters. The second-order valence-corrected chi connectivity index (χ2v) is 12.0. The Morgan fingerprint density at radius 3 is 2.45 bits per heavy atom. The van der Waals surface area contributed by atoms with Crippen LogP contribution < -0.4 is 5.32 Å². The summed E-state index contributed by atoms with van der Waals surface area (Å²) >= 11 is 0. The number of halogens is 1. The number of rotatable bonds is 2. The maximum absolute atomic E-state index is 13.6. The van der Waals surface area contributed by atoms with E-state index in [9.17, 15) is 9.18 Å². The largest absolute Gasteiger partial charge is 0.444 e. The molecule has 0 heterocycles. The van der Waals surface area contributed by atoms with E-state index in [0.29, 0.717) is 11.1 Å². The van der Waals surface area contributed by atoms with Gasteiger partial charge in [0, 0.05) is 12.1 Å². The van der Waals surface area contributed by atoms with Crippen LogP contribution in [0.4, 0.5) is 9.18 Å². The number of hydrogen-bond acceptors (Lipinski definition) is 2.